The number of halogens is 1. The molecule has 1 aromatic carbocycles. The van der Waals surface area contributed by atoms with Crippen molar-refractivity contribution in [2.24, 2.45) is 0 Å². The number of benzene rings is 1. The fourth-order valence-electron chi connectivity index (χ4n) is 3.13. The molecule has 2 heterocycles. The first-order valence-electron chi connectivity index (χ1n) is 8.35. The highest BCUT2D eigenvalue weighted by atomic mass is 35.5. The van der Waals surface area contributed by atoms with Gasteiger partial charge in [-0.2, -0.15) is 0 Å². The van der Waals surface area contributed by atoms with E-state index in [4.69, 9.17) is 16.0 Å². The van der Waals surface area contributed by atoms with E-state index in [9.17, 15) is 4.79 Å². The maximum atomic E-state index is 12.4. The number of carbonyl (C=O) groups is 1. The number of rotatable bonds is 5. The van der Waals surface area contributed by atoms with Crippen LogP contribution in [0.3, 0.4) is 0 Å². The van der Waals surface area contributed by atoms with Crippen LogP contribution in [-0.2, 0) is 13.0 Å². The lowest BCUT2D eigenvalue weighted by Crippen LogP contribution is -2.47. The van der Waals surface area contributed by atoms with Gasteiger partial charge in [-0.15, -0.1) is 0 Å². The quantitative estimate of drug-likeness (QED) is 0.901. The Hall–Kier alpha value is -1.85. The predicted molar refractivity (Wildman–Crippen MR) is 93.1 cm³/mol. The highest BCUT2D eigenvalue weighted by Gasteiger charge is 2.24. The number of hydrogen-bond acceptors (Lipinski definition) is 4. The van der Waals surface area contributed by atoms with E-state index in [0.717, 1.165) is 37.5 Å². The van der Waals surface area contributed by atoms with Gasteiger partial charge in [0, 0.05) is 30.6 Å². The molecule has 0 saturated carbocycles. The van der Waals surface area contributed by atoms with Crippen molar-refractivity contribution >= 4 is 17.5 Å². The number of aromatic nitrogens is 1. The molecule has 1 saturated heterocycles. The van der Waals surface area contributed by atoms with Crippen molar-refractivity contribution < 1.29 is 9.21 Å². The van der Waals surface area contributed by atoms with Crippen LogP contribution < -0.4 is 5.32 Å². The van der Waals surface area contributed by atoms with E-state index in [-0.39, 0.29) is 11.9 Å². The molecule has 1 atom stereocenters. The van der Waals surface area contributed by atoms with Gasteiger partial charge < -0.3 is 9.73 Å². The molecule has 3 rings (SSSR count). The van der Waals surface area contributed by atoms with Crippen molar-refractivity contribution in [2.45, 2.75) is 38.8 Å². The van der Waals surface area contributed by atoms with Crippen LogP contribution in [0.4, 0.5) is 0 Å². The van der Waals surface area contributed by atoms with E-state index >= 15 is 0 Å². The number of carbonyl (C=O) groups excluding carboxylic acids is 1. The minimum absolute atomic E-state index is 0.139. The van der Waals surface area contributed by atoms with Gasteiger partial charge in [0.15, 0.2) is 12.1 Å². The summed E-state index contributed by atoms with van der Waals surface area (Å²) in [6.07, 6.45) is 4.05. The van der Waals surface area contributed by atoms with E-state index in [1.54, 1.807) is 0 Å². The van der Waals surface area contributed by atoms with Crippen molar-refractivity contribution in [1.82, 2.24) is 15.2 Å². The maximum absolute atomic E-state index is 12.4. The number of oxazole rings is 1. The fourth-order valence-corrected chi connectivity index (χ4v) is 3.25. The highest BCUT2D eigenvalue weighted by molar-refractivity contribution is 6.30. The van der Waals surface area contributed by atoms with Gasteiger partial charge in [-0.25, -0.2) is 4.98 Å². The second-order valence-electron chi connectivity index (χ2n) is 6.15. The second kappa shape index (κ2) is 7.81. The smallest absolute Gasteiger partial charge is 0.273 e. The lowest BCUT2D eigenvalue weighted by atomic mass is 10.0. The Kier molecular flexibility index (Phi) is 5.53. The number of amides is 1. The standard InChI is InChI=1S/C18H22ClN3O2/c1-2-16-17(20-12-24-16)18(23)21-15-4-3-9-22(11-15)10-13-5-7-14(19)8-6-13/h5-8,12,15H,2-4,9-11H2,1H3,(H,21,23). The second-order valence-corrected chi connectivity index (χ2v) is 6.59. The molecule has 2 aromatic rings. The summed E-state index contributed by atoms with van der Waals surface area (Å²) >= 11 is 5.93. The Labute approximate surface area is 147 Å². The zero-order valence-electron chi connectivity index (χ0n) is 13.8. The SMILES string of the molecule is CCc1ocnc1C(=O)NC1CCCN(Cc2ccc(Cl)cc2)C1. The van der Waals surface area contributed by atoms with Crippen LogP contribution >= 0.6 is 11.6 Å². The number of nitrogens with one attached hydrogen (secondary N) is 1. The third kappa shape index (κ3) is 4.16. The zero-order chi connectivity index (χ0) is 16.9. The Morgan fingerprint density at radius 1 is 1.42 bits per heavy atom. The number of hydrogen-bond donors (Lipinski definition) is 1. The lowest BCUT2D eigenvalue weighted by molar-refractivity contribution is 0.0894. The van der Waals surface area contributed by atoms with Crippen molar-refractivity contribution in [1.29, 1.82) is 0 Å². The van der Waals surface area contributed by atoms with Crippen LogP contribution in [0.2, 0.25) is 5.02 Å². The molecule has 0 bridgehead atoms. The minimum atomic E-state index is -0.140. The van der Waals surface area contributed by atoms with E-state index in [2.05, 4.69) is 15.2 Å². The minimum Gasteiger partial charge on any atom is -0.448 e. The van der Waals surface area contributed by atoms with Gasteiger partial charge in [-0.1, -0.05) is 30.7 Å². The zero-order valence-corrected chi connectivity index (χ0v) is 14.6. The largest absolute Gasteiger partial charge is 0.448 e. The van der Waals surface area contributed by atoms with Crippen molar-refractivity contribution in [3.63, 3.8) is 0 Å². The normalized spacial score (nSPS) is 18.5. The van der Waals surface area contributed by atoms with Gasteiger partial charge in [-0.3, -0.25) is 9.69 Å². The summed E-state index contributed by atoms with van der Waals surface area (Å²) in [5.74, 6) is 0.500. The van der Waals surface area contributed by atoms with Crippen LogP contribution in [0.25, 0.3) is 0 Å². The molecule has 1 aliphatic heterocycles. The first kappa shape index (κ1) is 17.0. The van der Waals surface area contributed by atoms with Crippen LogP contribution in [0.5, 0.6) is 0 Å². The molecular weight excluding hydrogens is 326 g/mol. The molecule has 5 nitrogen and oxygen atoms in total. The van der Waals surface area contributed by atoms with Gasteiger partial charge >= 0.3 is 0 Å². The summed E-state index contributed by atoms with van der Waals surface area (Å²) in [6, 6.07) is 8.06. The van der Waals surface area contributed by atoms with Gasteiger partial charge in [0.1, 0.15) is 5.76 Å². The molecule has 1 amide bonds. The van der Waals surface area contributed by atoms with E-state index in [1.165, 1.54) is 12.0 Å². The molecule has 1 unspecified atom stereocenters. The third-order valence-electron chi connectivity index (χ3n) is 4.34. The van der Waals surface area contributed by atoms with Gasteiger partial charge in [0.25, 0.3) is 5.91 Å². The van der Waals surface area contributed by atoms with Gasteiger partial charge in [0.2, 0.25) is 0 Å². The van der Waals surface area contributed by atoms with E-state index < -0.39 is 0 Å². The summed E-state index contributed by atoms with van der Waals surface area (Å²) in [4.78, 5) is 18.8. The van der Waals surface area contributed by atoms with Crippen molar-refractivity contribution in [3.05, 3.63) is 52.7 Å². The van der Waals surface area contributed by atoms with Crippen molar-refractivity contribution in [3.8, 4) is 0 Å². The third-order valence-corrected chi connectivity index (χ3v) is 4.59. The molecule has 1 aliphatic rings. The summed E-state index contributed by atoms with van der Waals surface area (Å²) in [5.41, 5.74) is 1.64. The Balaban J connectivity index is 1.57. The molecule has 1 N–H and O–H groups in total. The predicted octanol–water partition coefficient (Wildman–Crippen LogP) is 3.28. The molecule has 0 radical (unpaired) electrons. The molecule has 6 heteroatoms. The van der Waals surface area contributed by atoms with E-state index in [0.29, 0.717) is 17.9 Å². The molecule has 0 spiro atoms. The average molecular weight is 348 g/mol. The van der Waals surface area contributed by atoms with Crippen LogP contribution in [0, 0.1) is 0 Å². The first-order chi connectivity index (χ1) is 11.7. The fraction of sp³-hybridized carbons (Fsp3) is 0.444. The van der Waals surface area contributed by atoms with Crippen molar-refractivity contribution in [2.75, 3.05) is 13.1 Å². The van der Waals surface area contributed by atoms with Gasteiger partial charge in [-0.05, 0) is 37.1 Å². The number of aryl methyl sites for hydroxylation is 1. The lowest BCUT2D eigenvalue weighted by Gasteiger charge is -2.33. The summed E-state index contributed by atoms with van der Waals surface area (Å²) < 4.78 is 5.24. The molecule has 1 fully saturated rings. The van der Waals surface area contributed by atoms with Crippen LogP contribution in [-0.4, -0.2) is 34.9 Å². The summed E-state index contributed by atoms with van der Waals surface area (Å²) in [5, 5.41) is 3.85. The maximum Gasteiger partial charge on any atom is 0.273 e. The van der Waals surface area contributed by atoms with Crippen LogP contribution in [0.1, 0.15) is 41.6 Å². The molecule has 1 aromatic heterocycles. The first-order valence-corrected chi connectivity index (χ1v) is 8.73. The summed E-state index contributed by atoms with van der Waals surface area (Å²) in [7, 11) is 0. The summed E-state index contributed by atoms with van der Waals surface area (Å²) in [6.45, 7) is 4.70. The van der Waals surface area contributed by atoms with Gasteiger partial charge in [0.05, 0.1) is 0 Å². The number of piperidine rings is 1. The number of nitrogens with zero attached hydrogens (tertiary/aromatic N) is 2. The molecule has 128 valence electrons. The number of likely N-dealkylation sites (tertiary alicyclic amines) is 1. The monoisotopic (exact) mass is 347 g/mol. The van der Waals surface area contributed by atoms with Crippen LogP contribution in [0.15, 0.2) is 35.1 Å². The Bertz CT molecular complexity index is 684. The van der Waals surface area contributed by atoms with E-state index in [1.807, 2.05) is 31.2 Å². The molecule has 0 aliphatic carbocycles. The average Bonchev–Trinajstić information content (AvgIpc) is 3.06. The Morgan fingerprint density at radius 2 is 2.21 bits per heavy atom. The highest BCUT2D eigenvalue weighted by Crippen LogP contribution is 2.16. The molecule has 24 heavy (non-hydrogen) atoms. The molecular formula is C18H22ClN3O2. The Morgan fingerprint density at radius 3 is 2.96 bits per heavy atom. The topological polar surface area (TPSA) is 58.4 Å².